The predicted molar refractivity (Wildman–Crippen MR) is 75.3 cm³/mol. The van der Waals surface area contributed by atoms with Crippen LogP contribution in [0, 0.1) is 6.92 Å². The Hall–Kier alpha value is -1.82. The van der Waals surface area contributed by atoms with E-state index in [1.807, 2.05) is 39.0 Å². The number of nitrogens with zero attached hydrogens (tertiary/aromatic N) is 2. The maximum atomic E-state index is 12.6. The second kappa shape index (κ2) is 5.89. The first kappa shape index (κ1) is 15.6. The summed E-state index contributed by atoms with van der Waals surface area (Å²) in [6.07, 6.45) is -2.51. The van der Waals surface area contributed by atoms with E-state index in [2.05, 4.69) is 10.4 Å². The molecule has 0 spiro atoms. The zero-order valence-corrected chi connectivity index (χ0v) is 12.2. The maximum absolute atomic E-state index is 12.6. The molecule has 0 fully saturated rings. The number of aryl methyl sites for hydroxylation is 1. The summed E-state index contributed by atoms with van der Waals surface area (Å²) in [5, 5.41) is 7.11. The van der Waals surface area contributed by atoms with Gasteiger partial charge < -0.3 is 5.32 Å². The average molecular weight is 297 g/mol. The quantitative estimate of drug-likeness (QED) is 0.932. The molecule has 0 atom stereocenters. The Morgan fingerprint density at radius 2 is 2.00 bits per heavy atom. The second-order valence-electron chi connectivity index (χ2n) is 5.33. The Bertz CT molecular complexity index is 615. The molecule has 6 heteroatoms. The molecule has 0 aliphatic heterocycles. The van der Waals surface area contributed by atoms with Crippen LogP contribution in [0.2, 0.25) is 0 Å². The SMILES string of the molecule is Cc1ccc(CNC(C)C)cc1-n1cc(C(F)(F)F)cn1. The molecule has 0 saturated heterocycles. The molecule has 2 rings (SSSR count). The first-order valence-corrected chi connectivity index (χ1v) is 6.72. The van der Waals surface area contributed by atoms with E-state index in [9.17, 15) is 13.2 Å². The predicted octanol–water partition coefficient (Wildman–Crippen LogP) is 3.70. The van der Waals surface area contributed by atoms with Gasteiger partial charge in [0.25, 0.3) is 0 Å². The van der Waals surface area contributed by atoms with Crippen LogP contribution < -0.4 is 5.32 Å². The van der Waals surface area contributed by atoms with Crippen LogP contribution in [0.1, 0.15) is 30.5 Å². The van der Waals surface area contributed by atoms with Gasteiger partial charge in [-0.2, -0.15) is 18.3 Å². The Kier molecular flexibility index (Phi) is 4.37. The number of alkyl halides is 3. The zero-order chi connectivity index (χ0) is 15.6. The van der Waals surface area contributed by atoms with E-state index in [4.69, 9.17) is 0 Å². The summed E-state index contributed by atoms with van der Waals surface area (Å²) in [4.78, 5) is 0. The number of nitrogens with one attached hydrogen (secondary N) is 1. The Morgan fingerprint density at radius 1 is 1.29 bits per heavy atom. The van der Waals surface area contributed by atoms with Crippen molar-refractivity contribution < 1.29 is 13.2 Å². The number of hydrogen-bond acceptors (Lipinski definition) is 2. The lowest BCUT2D eigenvalue weighted by molar-refractivity contribution is -0.137. The third-order valence-electron chi connectivity index (χ3n) is 3.14. The van der Waals surface area contributed by atoms with Gasteiger partial charge in [0.2, 0.25) is 0 Å². The number of hydrogen-bond donors (Lipinski definition) is 1. The van der Waals surface area contributed by atoms with Crippen molar-refractivity contribution in [3.05, 3.63) is 47.3 Å². The summed E-state index contributed by atoms with van der Waals surface area (Å²) in [6, 6.07) is 6.05. The van der Waals surface area contributed by atoms with Gasteiger partial charge in [0, 0.05) is 18.8 Å². The number of aromatic nitrogens is 2. The molecule has 0 aliphatic carbocycles. The number of benzene rings is 1. The van der Waals surface area contributed by atoms with Crippen molar-refractivity contribution in [2.75, 3.05) is 0 Å². The molecule has 0 aliphatic rings. The second-order valence-corrected chi connectivity index (χ2v) is 5.33. The molecule has 1 N–H and O–H groups in total. The van der Waals surface area contributed by atoms with Gasteiger partial charge in [0.1, 0.15) is 0 Å². The van der Waals surface area contributed by atoms with Crippen LogP contribution in [0.3, 0.4) is 0 Å². The first-order valence-electron chi connectivity index (χ1n) is 6.72. The normalized spacial score (nSPS) is 12.1. The first-order chi connectivity index (χ1) is 9.77. The number of rotatable bonds is 4. The largest absolute Gasteiger partial charge is 0.419 e. The smallest absolute Gasteiger partial charge is 0.310 e. The molecule has 0 unspecified atom stereocenters. The molecule has 0 amide bonds. The van der Waals surface area contributed by atoms with Gasteiger partial charge in [0.05, 0.1) is 17.4 Å². The highest BCUT2D eigenvalue weighted by molar-refractivity contribution is 5.43. The van der Waals surface area contributed by atoms with Crippen LogP contribution in [-0.2, 0) is 12.7 Å². The molecule has 1 aromatic carbocycles. The molecule has 0 radical (unpaired) electrons. The van der Waals surface area contributed by atoms with Crippen molar-refractivity contribution in [1.29, 1.82) is 0 Å². The summed E-state index contributed by atoms with van der Waals surface area (Å²) in [5.41, 5.74) is 1.80. The van der Waals surface area contributed by atoms with Crippen LogP contribution in [0.5, 0.6) is 0 Å². The average Bonchev–Trinajstić information content (AvgIpc) is 2.87. The Labute approximate surface area is 121 Å². The van der Waals surface area contributed by atoms with Crippen molar-refractivity contribution in [3.8, 4) is 5.69 Å². The van der Waals surface area contributed by atoms with E-state index < -0.39 is 11.7 Å². The molecular formula is C15H18F3N3. The minimum atomic E-state index is -4.37. The summed E-state index contributed by atoms with van der Waals surface area (Å²) in [6.45, 7) is 6.60. The van der Waals surface area contributed by atoms with Crippen LogP contribution in [0.4, 0.5) is 13.2 Å². The van der Waals surface area contributed by atoms with Crippen LogP contribution in [-0.4, -0.2) is 15.8 Å². The summed E-state index contributed by atoms with van der Waals surface area (Å²) >= 11 is 0. The van der Waals surface area contributed by atoms with Gasteiger partial charge >= 0.3 is 6.18 Å². The van der Waals surface area contributed by atoms with Gasteiger partial charge in [-0.15, -0.1) is 0 Å². The molecule has 2 aromatic rings. The highest BCUT2D eigenvalue weighted by Crippen LogP contribution is 2.29. The maximum Gasteiger partial charge on any atom is 0.419 e. The molecule has 1 heterocycles. The molecule has 1 aromatic heterocycles. The lowest BCUT2D eigenvalue weighted by Crippen LogP contribution is -2.21. The summed E-state index contributed by atoms with van der Waals surface area (Å²) < 4.78 is 39.2. The Morgan fingerprint density at radius 3 is 2.57 bits per heavy atom. The van der Waals surface area contributed by atoms with E-state index in [1.54, 1.807) is 0 Å². The third-order valence-corrected chi connectivity index (χ3v) is 3.14. The topological polar surface area (TPSA) is 29.9 Å². The van der Waals surface area contributed by atoms with Crippen LogP contribution >= 0.6 is 0 Å². The monoisotopic (exact) mass is 297 g/mol. The highest BCUT2D eigenvalue weighted by atomic mass is 19.4. The minimum absolute atomic E-state index is 0.344. The molecule has 21 heavy (non-hydrogen) atoms. The fourth-order valence-corrected chi connectivity index (χ4v) is 1.93. The van der Waals surface area contributed by atoms with Gasteiger partial charge in [-0.05, 0) is 24.1 Å². The lowest BCUT2D eigenvalue weighted by atomic mass is 10.1. The third kappa shape index (κ3) is 3.85. The summed E-state index contributed by atoms with van der Waals surface area (Å²) in [5.74, 6) is 0. The van der Waals surface area contributed by atoms with Crippen molar-refractivity contribution >= 4 is 0 Å². The van der Waals surface area contributed by atoms with Crippen molar-refractivity contribution in [2.45, 2.75) is 39.5 Å². The van der Waals surface area contributed by atoms with E-state index >= 15 is 0 Å². The van der Waals surface area contributed by atoms with Gasteiger partial charge in [-0.25, -0.2) is 4.68 Å². The Balaban J connectivity index is 2.30. The van der Waals surface area contributed by atoms with Crippen molar-refractivity contribution in [1.82, 2.24) is 15.1 Å². The molecule has 114 valence electrons. The van der Waals surface area contributed by atoms with Gasteiger partial charge in [0.15, 0.2) is 0 Å². The number of halogens is 3. The van der Waals surface area contributed by atoms with E-state index in [-0.39, 0.29) is 0 Å². The van der Waals surface area contributed by atoms with Crippen LogP contribution in [0.25, 0.3) is 5.69 Å². The van der Waals surface area contributed by atoms with Crippen molar-refractivity contribution in [2.24, 2.45) is 0 Å². The standard InChI is InChI=1S/C15H18F3N3/c1-10(2)19-7-12-5-4-11(3)14(6-12)21-9-13(8-20-21)15(16,17)18/h4-6,8-10,19H,7H2,1-3H3. The molecular weight excluding hydrogens is 279 g/mol. The molecule has 0 bridgehead atoms. The van der Waals surface area contributed by atoms with Gasteiger partial charge in [-0.3, -0.25) is 0 Å². The zero-order valence-electron chi connectivity index (χ0n) is 12.2. The van der Waals surface area contributed by atoms with E-state index in [0.29, 0.717) is 18.3 Å². The van der Waals surface area contributed by atoms with Crippen molar-refractivity contribution in [3.63, 3.8) is 0 Å². The fraction of sp³-hybridized carbons (Fsp3) is 0.400. The molecule has 3 nitrogen and oxygen atoms in total. The van der Waals surface area contributed by atoms with Gasteiger partial charge in [-0.1, -0.05) is 26.0 Å². The highest BCUT2D eigenvalue weighted by Gasteiger charge is 2.32. The van der Waals surface area contributed by atoms with Crippen LogP contribution in [0.15, 0.2) is 30.6 Å². The minimum Gasteiger partial charge on any atom is -0.310 e. The van der Waals surface area contributed by atoms with E-state index in [1.165, 1.54) is 4.68 Å². The fourth-order valence-electron chi connectivity index (χ4n) is 1.93. The lowest BCUT2D eigenvalue weighted by Gasteiger charge is -2.11. The van der Waals surface area contributed by atoms with E-state index in [0.717, 1.165) is 23.5 Å². The summed E-state index contributed by atoms with van der Waals surface area (Å²) in [7, 11) is 0. The molecule has 0 saturated carbocycles.